The molecule has 13 nitrogen and oxygen atoms in total. The van der Waals surface area contributed by atoms with Gasteiger partial charge < -0.3 is 34.5 Å². The molecule has 2 aliphatic heterocycles. The zero-order valence-electron chi connectivity index (χ0n) is 24.6. The van der Waals surface area contributed by atoms with E-state index in [1.54, 1.807) is 26.4 Å². The number of anilines is 1. The minimum atomic E-state index is -3.74. The second-order valence-corrected chi connectivity index (χ2v) is 11.9. The van der Waals surface area contributed by atoms with E-state index in [0.717, 1.165) is 18.2 Å². The molecule has 4 rings (SSSR count). The van der Waals surface area contributed by atoms with E-state index in [1.807, 2.05) is 12.1 Å². The Kier molecular flexibility index (Phi) is 10.3. The average Bonchev–Trinajstić information content (AvgIpc) is 3.36. The maximum Gasteiger partial charge on any atom is 0.264 e. The number of fused-ring (bicyclic) bond motifs is 2. The Hall–Kier alpha value is -4.04. The third-order valence-corrected chi connectivity index (χ3v) is 7.83. The number of hydrogen-bond donors (Lipinski definition) is 2. The molecule has 2 aromatic carbocycles. The van der Waals surface area contributed by atoms with Gasteiger partial charge in [-0.2, -0.15) is 8.42 Å². The van der Waals surface area contributed by atoms with Crippen LogP contribution >= 0.6 is 0 Å². The van der Waals surface area contributed by atoms with Gasteiger partial charge in [0.25, 0.3) is 16.0 Å². The summed E-state index contributed by atoms with van der Waals surface area (Å²) in [6.07, 6.45) is 2.64. The molecule has 0 radical (unpaired) electrons. The summed E-state index contributed by atoms with van der Waals surface area (Å²) in [5, 5.41) is 5.66. The Bertz CT molecular complexity index is 1460. The first kappa shape index (κ1) is 31.9. The van der Waals surface area contributed by atoms with E-state index in [-0.39, 0.29) is 30.1 Å². The normalized spacial score (nSPS) is 17.8. The fourth-order valence-corrected chi connectivity index (χ4v) is 5.73. The molecule has 1 saturated heterocycles. The second-order valence-electron chi connectivity index (χ2n) is 10.3. The van der Waals surface area contributed by atoms with E-state index < -0.39 is 34.1 Å². The zero-order valence-corrected chi connectivity index (χ0v) is 25.5. The van der Waals surface area contributed by atoms with E-state index in [2.05, 4.69) is 10.6 Å². The van der Waals surface area contributed by atoms with Crippen LogP contribution in [-0.4, -0.2) is 83.9 Å². The van der Waals surface area contributed by atoms with Gasteiger partial charge in [-0.1, -0.05) is 0 Å². The fraction of sp³-hybridized carbons (Fsp3) is 0.483. The Labute approximate surface area is 250 Å². The Morgan fingerprint density at radius 2 is 1.77 bits per heavy atom. The molecule has 14 heteroatoms. The van der Waals surface area contributed by atoms with Gasteiger partial charge in [0.2, 0.25) is 11.8 Å². The molecule has 0 unspecified atom stereocenters. The first-order valence-electron chi connectivity index (χ1n) is 13.9. The molecule has 0 saturated carbocycles. The highest BCUT2D eigenvalue weighted by Gasteiger charge is 2.44. The molecular weight excluding hydrogens is 582 g/mol. The van der Waals surface area contributed by atoms with Crippen LogP contribution in [0.2, 0.25) is 0 Å². The first-order chi connectivity index (χ1) is 20.5. The first-order valence-corrected chi connectivity index (χ1v) is 15.7. The molecule has 2 aliphatic rings. The second kappa shape index (κ2) is 14.0. The van der Waals surface area contributed by atoms with Gasteiger partial charge in [0.05, 0.1) is 51.5 Å². The molecule has 1 fully saturated rings. The summed E-state index contributed by atoms with van der Waals surface area (Å²) in [5.74, 6) is 1.05. The molecule has 2 heterocycles. The number of methoxy groups -OCH3 is 3. The average molecular weight is 620 g/mol. The number of carbonyl (C=O) groups is 3. The molecule has 234 valence electrons. The van der Waals surface area contributed by atoms with Crippen molar-refractivity contribution in [1.29, 1.82) is 0 Å². The van der Waals surface area contributed by atoms with Crippen molar-refractivity contribution in [3.05, 3.63) is 41.5 Å². The molecule has 0 spiro atoms. The third-order valence-electron chi connectivity index (χ3n) is 7.21. The van der Waals surface area contributed by atoms with E-state index in [4.69, 9.17) is 23.1 Å². The number of hydrogen-bond acceptors (Lipinski definition) is 10. The van der Waals surface area contributed by atoms with Crippen LogP contribution in [0.5, 0.6) is 23.0 Å². The molecule has 0 bridgehead atoms. The van der Waals surface area contributed by atoms with Crippen LogP contribution in [-0.2, 0) is 30.4 Å². The molecule has 3 amide bonds. The predicted octanol–water partition coefficient (Wildman–Crippen LogP) is 2.48. The van der Waals surface area contributed by atoms with Gasteiger partial charge in [-0.3, -0.25) is 18.6 Å². The summed E-state index contributed by atoms with van der Waals surface area (Å²) in [5.41, 5.74) is 1.34. The summed E-state index contributed by atoms with van der Waals surface area (Å²) in [4.78, 5) is 39.9. The lowest BCUT2D eigenvalue weighted by molar-refractivity contribution is -0.121. The molecule has 0 aliphatic carbocycles. The molecule has 43 heavy (non-hydrogen) atoms. The van der Waals surface area contributed by atoms with Crippen molar-refractivity contribution >= 4 is 33.5 Å². The topological polar surface area (TPSA) is 159 Å². The van der Waals surface area contributed by atoms with Gasteiger partial charge in [0.15, 0.2) is 11.5 Å². The number of rotatable bonds is 14. The number of unbranched alkanes of at least 4 members (excludes halogenated alkanes) is 2. The van der Waals surface area contributed by atoms with Gasteiger partial charge >= 0.3 is 0 Å². The summed E-state index contributed by atoms with van der Waals surface area (Å²) in [6, 6.07) is 7.62. The lowest BCUT2D eigenvalue weighted by Gasteiger charge is -2.20. The number of benzene rings is 2. The van der Waals surface area contributed by atoms with Crippen molar-refractivity contribution in [2.75, 3.05) is 46.1 Å². The molecule has 2 aromatic rings. The summed E-state index contributed by atoms with van der Waals surface area (Å²) < 4.78 is 50.1. The van der Waals surface area contributed by atoms with Gasteiger partial charge in [-0.05, 0) is 37.5 Å². The van der Waals surface area contributed by atoms with Gasteiger partial charge in [-0.25, -0.2) is 0 Å². The van der Waals surface area contributed by atoms with Crippen LogP contribution in [0.3, 0.4) is 0 Å². The lowest BCUT2D eigenvalue weighted by Crippen LogP contribution is -2.40. The Morgan fingerprint density at radius 3 is 2.47 bits per heavy atom. The summed E-state index contributed by atoms with van der Waals surface area (Å²) >= 11 is 0. The summed E-state index contributed by atoms with van der Waals surface area (Å²) in [7, 11) is 0.850. The third kappa shape index (κ3) is 8.08. The molecule has 2 N–H and O–H groups in total. The molecule has 2 atom stereocenters. The number of nitrogens with one attached hydrogen (secondary N) is 2. The van der Waals surface area contributed by atoms with Crippen molar-refractivity contribution in [1.82, 2.24) is 10.2 Å². The van der Waals surface area contributed by atoms with Crippen LogP contribution in [0.1, 0.15) is 48.0 Å². The van der Waals surface area contributed by atoms with Crippen LogP contribution in [0.4, 0.5) is 5.69 Å². The maximum absolute atomic E-state index is 13.3. The van der Waals surface area contributed by atoms with Crippen LogP contribution < -0.4 is 29.6 Å². The number of carbonyl (C=O) groups excluding carboxylic acids is 3. The van der Waals surface area contributed by atoms with Crippen molar-refractivity contribution in [2.24, 2.45) is 0 Å². The monoisotopic (exact) mass is 619 g/mol. The quantitative estimate of drug-likeness (QED) is 0.238. The minimum Gasteiger partial charge on any atom is -0.497 e. The molecule has 0 aromatic heterocycles. The predicted molar refractivity (Wildman–Crippen MR) is 156 cm³/mol. The SMILES string of the molecule is COc1ccc(CNC(=O)CCCCCOc2cc3c(cc2OC)C(=O)N2C[C@H](OS(C)(=O)=O)C[C@H]2C(=O)N3)c(OC)c1. The van der Waals surface area contributed by atoms with Crippen LogP contribution in [0.25, 0.3) is 0 Å². The van der Waals surface area contributed by atoms with Gasteiger partial charge in [0, 0.05) is 43.6 Å². The molecular formula is C29H37N3O10S. The van der Waals surface area contributed by atoms with Gasteiger partial charge in [0.1, 0.15) is 17.5 Å². The highest BCUT2D eigenvalue weighted by Crippen LogP contribution is 2.38. The minimum absolute atomic E-state index is 0.0301. The fourth-order valence-electron chi connectivity index (χ4n) is 5.10. The highest BCUT2D eigenvalue weighted by atomic mass is 32.2. The number of nitrogens with zero attached hydrogens (tertiary/aromatic N) is 1. The van der Waals surface area contributed by atoms with Crippen LogP contribution in [0, 0.1) is 0 Å². The van der Waals surface area contributed by atoms with E-state index >= 15 is 0 Å². The summed E-state index contributed by atoms with van der Waals surface area (Å²) in [6.45, 7) is 0.651. The van der Waals surface area contributed by atoms with Gasteiger partial charge in [-0.15, -0.1) is 0 Å². The highest BCUT2D eigenvalue weighted by molar-refractivity contribution is 7.86. The Balaban J connectivity index is 1.26. The zero-order chi connectivity index (χ0) is 31.1. The van der Waals surface area contributed by atoms with Crippen molar-refractivity contribution in [2.45, 2.75) is 50.8 Å². The lowest BCUT2D eigenvalue weighted by atomic mass is 10.1. The Morgan fingerprint density at radius 1 is 1.00 bits per heavy atom. The van der Waals surface area contributed by atoms with E-state index in [1.165, 1.54) is 18.1 Å². The van der Waals surface area contributed by atoms with Crippen LogP contribution in [0.15, 0.2) is 30.3 Å². The number of ether oxygens (including phenoxy) is 4. The van der Waals surface area contributed by atoms with Crippen molar-refractivity contribution in [3.8, 4) is 23.0 Å². The smallest absolute Gasteiger partial charge is 0.264 e. The number of amides is 3. The van der Waals surface area contributed by atoms with Crippen molar-refractivity contribution < 1.29 is 45.9 Å². The van der Waals surface area contributed by atoms with E-state index in [0.29, 0.717) is 55.4 Å². The largest absolute Gasteiger partial charge is 0.497 e. The standard InChI is InChI=1S/C29H37N3O10S/c1-38-19-10-9-18(24(13-19)39-2)16-30-27(33)8-6-5-7-11-41-26-15-22-21(14-25(26)40-3)29(35)32-17-20(42-43(4,36)37)12-23(32)28(34)31-22/h9-10,13-15,20,23H,5-8,11-12,16-17H2,1-4H3,(H,30,33)(H,31,34)/t20-,23+/m1/s1. The van der Waals surface area contributed by atoms with Crippen molar-refractivity contribution in [3.63, 3.8) is 0 Å². The maximum atomic E-state index is 13.3. The van der Waals surface area contributed by atoms with E-state index in [9.17, 15) is 22.8 Å².